The minimum atomic E-state index is -0.462. The summed E-state index contributed by atoms with van der Waals surface area (Å²) in [7, 11) is 1.60. The van der Waals surface area contributed by atoms with Crippen molar-refractivity contribution in [3.63, 3.8) is 0 Å². The summed E-state index contributed by atoms with van der Waals surface area (Å²) >= 11 is 3.30. The number of rotatable bonds is 3. The number of oxime groups is 1. The predicted molar refractivity (Wildman–Crippen MR) is 69.1 cm³/mol. The summed E-state index contributed by atoms with van der Waals surface area (Å²) in [5.41, 5.74) is 6.01. The van der Waals surface area contributed by atoms with Crippen LogP contribution in [0.4, 0.5) is 0 Å². The molecule has 0 radical (unpaired) electrons. The first-order valence-electron chi connectivity index (χ1n) is 4.97. The number of halogens is 1. The second-order valence-corrected chi connectivity index (χ2v) is 4.54. The van der Waals surface area contributed by atoms with E-state index in [4.69, 9.17) is 10.9 Å². The number of hydrogen-bond donors (Lipinski definition) is 2. The monoisotopic (exact) mass is 299 g/mol. The van der Waals surface area contributed by atoms with Crippen molar-refractivity contribution in [2.45, 2.75) is 13.0 Å². The molecule has 0 fully saturated rings. The molecule has 6 heteroatoms. The lowest BCUT2D eigenvalue weighted by molar-refractivity contribution is 0.0776. The molecule has 0 aliphatic rings. The Hall–Kier alpha value is -1.56. The van der Waals surface area contributed by atoms with E-state index in [-0.39, 0.29) is 11.7 Å². The number of nitrogens with two attached hydrogens (primary N) is 1. The number of nitrogens with zero attached hydrogens (tertiary/aromatic N) is 2. The van der Waals surface area contributed by atoms with Crippen molar-refractivity contribution in [1.29, 1.82) is 0 Å². The van der Waals surface area contributed by atoms with E-state index in [1.165, 1.54) is 4.90 Å². The van der Waals surface area contributed by atoms with Crippen LogP contribution >= 0.6 is 15.9 Å². The Morgan fingerprint density at radius 2 is 2.00 bits per heavy atom. The fraction of sp³-hybridized carbons (Fsp3) is 0.273. The molecule has 0 aliphatic carbocycles. The number of carbonyl (C=O) groups excluding carboxylic acids is 1. The molecule has 1 amide bonds. The lowest BCUT2D eigenvalue weighted by atomic mass is 10.1. The van der Waals surface area contributed by atoms with Gasteiger partial charge < -0.3 is 15.8 Å². The summed E-state index contributed by atoms with van der Waals surface area (Å²) in [6.45, 7) is 1.69. The van der Waals surface area contributed by atoms with Gasteiger partial charge in [-0.15, -0.1) is 0 Å². The van der Waals surface area contributed by atoms with Gasteiger partial charge in [0.25, 0.3) is 5.91 Å². The van der Waals surface area contributed by atoms with E-state index >= 15 is 0 Å². The summed E-state index contributed by atoms with van der Waals surface area (Å²) in [6.07, 6.45) is 0. The van der Waals surface area contributed by atoms with Crippen molar-refractivity contribution in [3.05, 3.63) is 34.3 Å². The van der Waals surface area contributed by atoms with Crippen LogP contribution in [0.15, 0.2) is 33.9 Å². The van der Waals surface area contributed by atoms with Crippen LogP contribution in [-0.4, -0.2) is 34.9 Å². The highest BCUT2D eigenvalue weighted by Crippen LogP contribution is 2.12. The lowest BCUT2D eigenvalue weighted by Gasteiger charge is -2.23. The third-order valence-corrected chi connectivity index (χ3v) is 3.06. The fourth-order valence-electron chi connectivity index (χ4n) is 1.25. The minimum Gasteiger partial charge on any atom is -0.409 e. The predicted octanol–water partition coefficient (Wildman–Crippen LogP) is 1.66. The van der Waals surface area contributed by atoms with Crippen molar-refractivity contribution < 1.29 is 10.0 Å². The molecule has 0 saturated carbocycles. The maximum Gasteiger partial charge on any atom is 0.254 e. The first-order valence-corrected chi connectivity index (χ1v) is 5.76. The molecule has 1 aromatic carbocycles. The smallest absolute Gasteiger partial charge is 0.254 e. The number of amides is 1. The van der Waals surface area contributed by atoms with E-state index < -0.39 is 6.04 Å². The van der Waals surface area contributed by atoms with Gasteiger partial charge in [-0.3, -0.25) is 4.79 Å². The number of benzene rings is 1. The van der Waals surface area contributed by atoms with Crippen LogP contribution in [0.25, 0.3) is 0 Å². The molecule has 0 bridgehead atoms. The molecule has 1 unspecified atom stereocenters. The zero-order valence-electron chi connectivity index (χ0n) is 9.59. The van der Waals surface area contributed by atoms with Crippen LogP contribution < -0.4 is 5.73 Å². The second-order valence-electron chi connectivity index (χ2n) is 3.62. The van der Waals surface area contributed by atoms with Gasteiger partial charge >= 0.3 is 0 Å². The van der Waals surface area contributed by atoms with E-state index in [9.17, 15) is 4.79 Å². The van der Waals surface area contributed by atoms with Gasteiger partial charge in [-0.1, -0.05) is 21.1 Å². The SMILES string of the molecule is CC(C(N)=NO)N(C)C(=O)c1ccc(Br)cc1. The topological polar surface area (TPSA) is 78.9 Å². The molecule has 1 atom stereocenters. The maximum absolute atomic E-state index is 12.0. The van der Waals surface area contributed by atoms with Crippen LogP contribution in [0.5, 0.6) is 0 Å². The number of amidine groups is 1. The Kier molecular flexibility index (Phi) is 4.51. The maximum atomic E-state index is 12.0. The fourth-order valence-corrected chi connectivity index (χ4v) is 1.52. The van der Waals surface area contributed by atoms with E-state index in [0.717, 1.165) is 4.47 Å². The lowest BCUT2D eigenvalue weighted by Crippen LogP contribution is -2.43. The zero-order valence-corrected chi connectivity index (χ0v) is 11.2. The molecule has 5 nitrogen and oxygen atoms in total. The van der Waals surface area contributed by atoms with E-state index in [2.05, 4.69) is 21.1 Å². The molecule has 1 aromatic rings. The number of carbonyl (C=O) groups is 1. The van der Waals surface area contributed by atoms with Gasteiger partial charge in [0.15, 0.2) is 5.84 Å². The van der Waals surface area contributed by atoms with Crippen molar-refractivity contribution in [3.8, 4) is 0 Å². The Labute approximate surface area is 108 Å². The van der Waals surface area contributed by atoms with Crippen molar-refractivity contribution >= 4 is 27.7 Å². The summed E-state index contributed by atoms with van der Waals surface area (Å²) in [5, 5.41) is 11.5. The molecule has 3 N–H and O–H groups in total. The third-order valence-electron chi connectivity index (χ3n) is 2.54. The second kappa shape index (κ2) is 5.67. The van der Waals surface area contributed by atoms with Crippen LogP contribution in [0.3, 0.4) is 0 Å². The third kappa shape index (κ3) is 3.20. The normalized spacial score (nSPS) is 13.2. The summed E-state index contributed by atoms with van der Waals surface area (Å²) < 4.78 is 0.904. The van der Waals surface area contributed by atoms with Crippen LogP contribution in [0.2, 0.25) is 0 Å². The number of likely N-dealkylation sites (N-methyl/N-ethyl adjacent to an activating group) is 1. The van der Waals surface area contributed by atoms with Gasteiger partial charge in [-0.25, -0.2) is 0 Å². The van der Waals surface area contributed by atoms with E-state index in [1.807, 2.05) is 0 Å². The van der Waals surface area contributed by atoms with Gasteiger partial charge in [0.05, 0.1) is 6.04 Å². The molecule has 92 valence electrons. The highest BCUT2D eigenvalue weighted by Gasteiger charge is 2.20. The Balaban J connectivity index is 2.86. The Morgan fingerprint density at radius 1 is 1.47 bits per heavy atom. The quantitative estimate of drug-likeness (QED) is 0.385. The van der Waals surface area contributed by atoms with Gasteiger partial charge in [0.2, 0.25) is 0 Å². The van der Waals surface area contributed by atoms with Gasteiger partial charge in [-0.05, 0) is 31.2 Å². The van der Waals surface area contributed by atoms with Crippen molar-refractivity contribution in [2.75, 3.05) is 7.05 Å². The standard InChI is InChI=1S/C11H14BrN3O2/c1-7(10(13)14-17)15(2)11(16)8-3-5-9(12)6-4-8/h3-7,17H,1-2H3,(H2,13,14). The van der Waals surface area contributed by atoms with Crippen LogP contribution in [0.1, 0.15) is 17.3 Å². The molecular weight excluding hydrogens is 286 g/mol. The molecule has 0 saturated heterocycles. The van der Waals surface area contributed by atoms with E-state index in [0.29, 0.717) is 5.56 Å². The average molecular weight is 300 g/mol. The minimum absolute atomic E-state index is 0.00189. The molecule has 0 aliphatic heterocycles. The van der Waals surface area contributed by atoms with Crippen LogP contribution in [0, 0.1) is 0 Å². The summed E-state index contributed by atoms with van der Waals surface area (Å²) in [5.74, 6) is -0.186. The molecule has 0 spiro atoms. The van der Waals surface area contributed by atoms with Gasteiger partial charge in [-0.2, -0.15) is 0 Å². The van der Waals surface area contributed by atoms with Gasteiger partial charge in [0.1, 0.15) is 0 Å². The zero-order chi connectivity index (χ0) is 13.0. The van der Waals surface area contributed by atoms with Gasteiger partial charge in [0, 0.05) is 17.1 Å². The molecule has 1 rings (SSSR count). The highest BCUT2D eigenvalue weighted by atomic mass is 79.9. The first-order chi connectivity index (χ1) is 7.97. The van der Waals surface area contributed by atoms with E-state index in [1.54, 1.807) is 38.2 Å². The van der Waals surface area contributed by atoms with Crippen molar-refractivity contribution in [1.82, 2.24) is 4.90 Å². The summed E-state index contributed by atoms with van der Waals surface area (Å²) in [6, 6.07) is 6.53. The highest BCUT2D eigenvalue weighted by molar-refractivity contribution is 9.10. The Bertz CT molecular complexity index is 431. The average Bonchev–Trinajstić information content (AvgIpc) is 2.36. The molecular formula is C11H14BrN3O2. The summed E-state index contributed by atoms with van der Waals surface area (Å²) in [4.78, 5) is 13.5. The number of hydrogen-bond acceptors (Lipinski definition) is 3. The molecule has 0 aromatic heterocycles. The molecule has 17 heavy (non-hydrogen) atoms. The largest absolute Gasteiger partial charge is 0.409 e. The molecule has 0 heterocycles. The van der Waals surface area contributed by atoms with Crippen LogP contribution in [-0.2, 0) is 0 Å². The van der Waals surface area contributed by atoms with Crippen molar-refractivity contribution in [2.24, 2.45) is 10.9 Å². The first kappa shape index (κ1) is 13.5. The Morgan fingerprint density at radius 3 is 2.47 bits per heavy atom.